The van der Waals surface area contributed by atoms with Crippen LogP contribution in [0.5, 0.6) is 0 Å². The van der Waals surface area contributed by atoms with Gasteiger partial charge >= 0.3 is 0 Å². The van der Waals surface area contributed by atoms with E-state index in [9.17, 15) is 0 Å². The van der Waals surface area contributed by atoms with Gasteiger partial charge in [0.15, 0.2) is 0 Å². The number of rotatable bonds is 4. The molecule has 0 radical (unpaired) electrons. The fraction of sp³-hybridized carbons (Fsp3) is 0.600. The molecule has 0 spiro atoms. The molecule has 1 heterocycles. The Labute approximate surface area is 160 Å². The van der Waals surface area contributed by atoms with E-state index in [1.807, 2.05) is 6.07 Å². The zero-order valence-electron chi connectivity index (χ0n) is 12.7. The van der Waals surface area contributed by atoms with Gasteiger partial charge < -0.3 is 5.32 Å². The van der Waals surface area contributed by atoms with Gasteiger partial charge in [0.25, 0.3) is 0 Å². The Kier molecular flexibility index (Phi) is 10.7. The van der Waals surface area contributed by atoms with Crippen molar-refractivity contribution in [2.75, 3.05) is 26.2 Å². The first-order valence-electron chi connectivity index (χ1n) is 7.09. The molecule has 1 N–H and O–H groups in total. The first-order valence-corrected chi connectivity index (χ1v) is 8.22. The summed E-state index contributed by atoms with van der Waals surface area (Å²) in [6.45, 7) is 8.48. The fourth-order valence-corrected chi connectivity index (χ4v) is 3.53. The Hall–Kier alpha value is 0.590. The first-order chi connectivity index (χ1) is 9.50. The Morgan fingerprint density at radius 3 is 2.14 bits per heavy atom. The average Bonchev–Trinajstić information content (AvgIpc) is 2.43. The van der Waals surface area contributed by atoms with Crippen molar-refractivity contribution in [3.05, 3.63) is 32.8 Å². The first kappa shape index (κ1) is 22.6. The molecule has 7 heteroatoms. The minimum Gasteiger partial charge on any atom is -0.314 e. The smallest absolute Gasteiger partial charge is 0.0655 e. The molecule has 0 aliphatic carbocycles. The second-order valence-corrected chi connectivity index (χ2v) is 6.88. The van der Waals surface area contributed by atoms with Gasteiger partial charge in [-0.15, -0.1) is 24.8 Å². The van der Waals surface area contributed by atoms with Crippen molar-refractivity contribution in [3.63, 3.8) is 0 Å². The van der Waals surface area contributed by atoms with Crippen LogP contribution in [0.4, 0.5) is 0 Å². The number of hydrogen-bond acceptors (Lipinski definition) is 2. The van der Waals surface area contributed by atoms with Crippen molar-refractivity contribution >= 4 is 59.6 Å². The van der Waals surface area contributed by atoms with Crippen molar-refractivity contribution in [3.8, 4) is 0 Å². The van der Waals surface area contributed by atoms with Crippen LogP contribution < -0.4 is 5.32 Å². The van der Waals surface area contributed by atoms with Crippen molar-refractivity contribution < 1.29 is 0 Å². The van der Waals surface area contributed by atoms with Gasteiger partial charge in [-0.1, -0.05) is 48.7 Å². The van der Waals surface area contributed by atoms with E-state index in [0.29, 0.717) is 21.0 Å². The standard InChI is InChI=1S/C15H21Cl3N2.2ClH/c1-10(2)9-13(20-7-5-19-6-8-20)14-11(16)3-4-12(17)15(14)18;;/h3-4,10,13,19H,5-9H2,1-2H3;2*1H/t13-;;/m0../s1. The van der Waals surface area contributed by atoms with Gasteiger partial charge in [0.05, 0.1) is 10.0 Å². The second-order valence-electron chi connectivity index (χ2n) is 5.69. The average molecular weight is 409 g/mol. The normalized spacial score (nSPS) is 16.8. The van der Waals surface area contributed by atoms with Crippen LogP contribution in [0.2, 0.25) is 15.1 Å². The molecular weight excluding hydrogens is 385 g/mol. The number of benzene rings is 1. The highest BCUT2D eigenvalue weighted by atomic mass is 35.5. The van der Waals surface area contributed by atoms with E-state index in [0.717, 1.165) is 38.2 Å². The highest BCUT2D eigenvalue weighted by Crippen LogP contribution is 2.40. The maximum absolute atomic E-state index is 6.44. The molecule has 1 fully saturated rings. The third-order valence-electron chi connectivity index (χ3n) is 3.70. The van der Waals surface area contributed by atoms with Crippen molar-refractivity contribution in [1.29, 1.82) is 0 Å². The van der Waals surface area contributed by atoms with Crippen LogP contribution in [-0.2, 0) is 0 Å². The summed E-state index contributed by atoms with van der Waals surface area (Å²) in [5.41, 5.74) is 0.983. The van der Waals surface area contributed by atoms with Crippen LogP contribution >= 0.6 is 59.6 Å². The molecule has 1 aromatic rings. The van der Waals surface area contributed by atoms with Crippen LogP contribution in [0.25, 0.3) is 0 Å². The summed E-state index contributed by atoms with van der Waals surface area (Å²) in [6, 6.07) is 3.84. The maximum Gasteiger partial charge on any atom is 0.0655 e. The largest absolute Gasteiger partial charge is 0.314 e. The topological polar surface area (TPSA) is 15.3 Å². The molecule has 0 unspecified atom stereocenters. The number of piperazine rings is 1. The predicted octanol–water partition coefficient (Wildman–Crippen LogP) is 5.48. The number of nitrogens with zero attached hydrogens (tertiary/aromatic N) is 1. The van der Waals surface area contributed by atoms with E-state index in [4.69, 9.17) is 34.8 Å². The summed E-state index contributed by atoms with van der Waals surface area (Å²) in [5.74, 6) is 0.570. The highest BCUT2D eigenvalue weighted by molar-refractivity contribution is 6.44. The lowest BCUT2D eigenvalue weighted by Crippen LogP contribution is -2.45. The maximum atomic E-state index is 6.44. The quantitative estimate of drug-likeness (QED) is 0.664. The van der Waals surface area contributed by atoms with E-state index < -0.39 is 0 Å². The lowest BCUT2D eigenvalue weighted by Gasteiger charge is -2.37. The van der Waals surface area contributed by atoms with Crippen LogP contribution in [0.1, 0.15) is 31.9 Å². The van der Waals surface area contributed by atoms with Gasteiger partial charge in [-0.3, -0.25) is 4.90 Å². The molecule has 1 aliphatic heterocycles. The van der Waals surface area contributed by atoms with E-state index in [1.54, 1.807) is 6.07 Å². The van der Waals surface area contributed by atoms with Gasteiger partial charge in [0, 0.05) is 42.8 Å². The lowest BCUT2D eigenvalue weighted by molar-refractivity contribution is 0.154. The fourth-order valence-electron chi connectivity index (χ4n) is 2.74. The molecule has 2 nitrogen and oxygen atoms in total. The van der Waals surface area contributed by atoms with Gasteiger partial charge in [0.1, 0.15) is 0 Å². The zero-order valence-corrected chi connectivity index (χ0v) is 16.6. The molecule has 1 aromatic carbocycles. The van der Waals surface area contributed by atoms with Gasteiger partial charge in [-0.05, 0) is 24.5 Å². The summed E-state index contributed by atoms with van der Waals surface area (Å²) in [4.78, 5) is 2.46. The van der Waals surface area contributed by atoms with Gasteiger partial charge in [-0.2, -0.15) is 0 Å². The third-order valence-corrected chi connectivity index (χ3v) is 4.85. The van der Waals surface area contributed by atoms with E-state index in [1.165, 1.54) is 0 Å². The molecule has 2 rings (SSSR count). The van der Waals surface area contributed by atoms with Crippen LogP contribution in [-0.4, -0.2) is 31.1 Å². The molecule has 0 bridgehead atoms. The summed E-state index contributed by atoms with van der Waals surface area (Å²) in [5, 5.41) is 5.27. The molecule has 0 aromatic heterocycles. The van der Waals surface area contributed by atoms with E-state index in [-0.39, 0.29) is 30.9 Å². The van der Waals surface area contributed by atoms with E-state index >= 15 is 0 Å². The van der Waals surface area contributed by atoms with Crippen LogP contribution in [0.3, 0.4) is 0 Å². The lowest BCUT2D eigenvalue weighted by atomic mass is 9.95. The molecule has 0 amide bonds. The summed E-state index contributed by atoms with van der Waals surface area (Å²) >= 11 is 19.0. The molecule has 128 valence electrons. The highest BCUT2D eigenvalue weighted by Gasteiger charge is 2.27. The molecule has 0 saturated carbocycles. The molecule has 1 saturated heterocycles. The summed E-state index contributed by atoms with van der Waals surface area (Å²) in [7, 11) is 0. The Morgan fingerprint density at radius 1 is 1.05 bits per heavy atom. The Morgan fingerprint density at radius 2 is 1.59 bits per heavy atom. The van der Waals surface area contributed by atoms with Crippen LogP contribution in [0, 0.1) is 5.92 Å². The summed E-state index contributed by atoms with van der Waals surface area (Å²) < 4.78 is 0. The molecule has 22 heavy (non-hydrogen) atoms. The summed E-state index contributed by atoms with van der Waals surface area (Å²) in [6.07, 6.45) is 1.03. The SMILES string of the molecule is CC(C)C[C@@H](c1c(Cl)ccc(Cl)c1Cl)N1CCNCC1.Cl.Cl. The Bertz CT molecular complexity index is 461. The monoisotopic (exact) mass is 406 g/mol. The predicted molar refractivity (Wildman–Crippen MR) is 103 cm³/mol. The third kappa shape index (κ3) is 5.59. The van der Waals surface area contributed by atoms with E-state index in [2.05, 4.69) is 24.1 Å². The molecule has 1 aliphatic rings. The minimum atomic E-state index is 0. The zero-order chi connectivity index (χ0) is 14.7. The van der Waals surface area contributed by atoms with Crippen molar-refractivity contribution in [2.24, 2.45) is 5.92 Å². The number of halogens is 5. The van der Waals surface area contributed by atoms with Crippen molar-refractivity contribution in [1.82, 2.24) is 10.2 Å². The van der Waals surface area contributed by atoms with Crippen molar-refractivity contribution in [2.45, 2.75) is 26.3 Å². The number of nitrogens with one attached hydrogen (secondary N) is 1. The second kappa shape index (κ2) is 10.5. The minimum absolute atomic E-state index is 0. The van der Waals surface area contributed by atoms with Gasteiger partial charge in [-0.25, -0.2) is 0 Å². The number of hydrogen-bond donors (Lipinski definition) is 1. The molecular formula is C15H23Cl5N2. The van der Waals surface area contributed by atoms with Gasteiger partial charge in [0.2, 0.25) is 0 Å². The van der Waals surface area contributed by atoms with Crippen LogP contribution in [0.15, 0.2) is 12.1 Å². The molecule has 1 atom stereocenters. The Balaban J connectivity index is 0.00000220.